The average molecular weight is 319 g/mol. The van der Waals surface area contributed by atoms with Crippen molar-refractivity contribution >= 4 is 5.97 Å². The van der Waals surface area contributed by atoms with Crippen LogP contribution in [0.1, 0.15) is 11.1 Å². The van der Waals surface area contributed by atoms with Crippen LogP contribution >= 0.6 is 0 Å². The summed E-state index contributed by atoms with van der Waals surface area (Å²) in [6.45, 7) is 0.434. The number of aromatic nitrogens is 1. The van der Waals surface area contributed by atoms with E-state index in [1.54, 1.807) is 30.5 Å². The van der Waals surface area contributed by atoms with Crippen molar-refractivity contribution in [3.05, 3.63) is 84.2 Å². The normalized spacial score (nSPS) is 10.3. The molecule has 4 nitrogen and oxygen atoms in total. The molecule has 0 saturated heterocycles. The number of carboxylic acid groups (broad SMARTS) is 1. The molecule has 1 heterocycles. The molecule has 0 aliphatic heterocycles. The number of aliphatic carboxylic acids is 1. The number of pyridine rings is 1. The Kier molecular flexibility index (Phi) is 4.87. The minimum absolute atomic E-state index is 0.0180. The summed E-state index contributed by atoms with van der Waals surface area (Å²) in [5.41, 5.74) is 3.97. The number of carboxylic acids is 1. The van der Waals surface area contributed by atoms with Gasteiger partial charge in [-0.25, -0.2) is 0 Å². The Balaban J connectivity index is 1.72. The van der Waals surface area contributed by atoms with E-state index in [-0.39, 0.29) is 6.42 Å². The molecule has 1 N–H and O–H groups in total. The van der Waals surface area contributed by atoms with Gasteiger partial charge >= 0.3 is 5.97 Å². The highest BCUT2D eigenvalue weighted by atomic mass is 16.5. The lowest BCUT2D eigenvalue weighted by atomic mass is 10.0. The molecule has 3 aromatic rings. The number of nitrogens with zero attached hydrogens (tertiary/aromatic N) is 1. The quantitative estimate of drug-likeness (QED) is 0.747. The van der Waals surface area contributed by atoms with Gasteiger partial charge in [0.25, 0.3) is 0 Å². The first-order chi connectivity index (χ1) is 11.7. The maximum Gasteiger partial charge on any atom is 0.307 e. The first kappa shape index (κ1) is 15.7. The first-order valence-corrected chi connectivity index (χ1v) is 7.64. The van der Waals surface area contributed by atoms with Crippen LogP contribution in [0, 0.1) is 0 Å². The zero-order valence-electron chi connectivity index (χ0n) is 13.1. The molecule has 120 valence electrons. The molecular formula is C20H17NO3. The van der Waals surface area contributed by atoms with Gasteiger partial charge in [-0.2, -0.15) is 0 Å². The molecule has 0 saturated carbocycles. The van der Waals surface area contributed by atoms with Crippen LogP contribution < -0.4 is 4.74 Å². The van der Waals surface area contributed by atoms with Crippen LogP contribution in [0.15, 0.2) is 73.1 Å². The molecule has 1 aromatic heterocycles. The predicted octanol–water partition coefficient (Wildman–Crippen LogP) is 3.95. The van der Waals surface area contributed by atoms with Crippen LogP contribution in [0.25, 0.3) is 11.1 Å². The summed E-state index contributed by atoms with van der Waals surface area (Å²) in [6, 6.07) is 19.1. The first-order valence-electron chi connectivity index (χ1n) is 7.64. The predicted molar refractivity (Wildman–Crippen MR) is 91.8 cm³/mol. The van der Waals surface area contributed by atoms with E-state index < -0.39 is 5.97 Å². The maximum atomic E-state index is 10.7. The van der Waals surface area contributed by atoms with E-state index in [1.807, 2.05) is 42.6 Å². The van der Waals surface area contributed by atoms with E-state index in [4.69, 9.17) is 9.84 Å². The van der Waals surface area contributed by atoms with Gasteiger partial charge in [-0.15, -0.1) is 0 Å². The van der Waals surface area contributed by atoms with Gasteiger partial charge in [-0.05, 0) is 34.9 Å². The Labute approximate surface area is 140 Å². The van der Waals surface area contributed by atoms with Crippen molar-refractivity contribution in [3.8, 4) is 16.9 Å². The van der Waals surface area contributed by atoms with Crippen molar-refractivity contribution in [2.45, 2.75) is 13.0 Å². The Morgan fingerprint density at radius 2 is 1.79 bits per heavy atom. The highest BCUT2D eigenvalue weighted by Crippen LogP contribution is 2.24. The van der Waals surface area contributed by atoms with Crippen LogP contribution in [0.5, 0.6) is 5.75 Å². The minimum Gasteiger partial charge on any atom is -0.489 e. The maximum absolute atomic E-state index is 10.7. The van der Waals surface area contributed by atoms with E-state index in [2.05, 4.69) is 4.98 Å². The van der Waals surface area contributed by atoms with Crippen molar-refractivity contribution in [2.75, 3.05) is 0 Å². The molecule has 0 fully saturated rings. The van der Waals surface area contributed by atoms with Crippen LogP contribution in [0.2, 0.25) is 0 Å². The average Bonchev–Trinajstić information content (AvgIpc) is 2.62. The van der Waals surface area contributed by atoms with Gasteiger partial charge in [-0.1, -0.05) is 42.5 Å². The number of rotatable bonds is 6. The molecule has 0 bridgehead atoms. The fourth-order valence-electron chi connectivity index (χ4n) is 2.49. The molecule has 0 atom stereocenters. The second-order valence-electron chi connectivity index (χ2n) is 5.40. The Morgan fingerprint density at radius 1 is 1.00 bits per heavy atom. The van der Waals surface area contributed by atoms with Gasteiger partial charge in [0.15, 0.2) is 0 Å². The molecular weight excluding hydrogens is 302 g/mol. The summed E-state index contributed by atoms with van der Waals surface area (Å²) in [6.07, 6.45) is 3.60. The van der Waals surface area contributed by atoms with E-state index in [1.165, 1.54) is 0 Å². The van der Waals surface area contributed by atoms with Crippen molar-refractivity contribution in [1.82, 2.24) is 4.98 Å². The van der Waals surface area contributed by atoms with Gasteiger partial charge < -0.3 is 9.84 Å². The number of hydrogen-bond acceptors (Lipinski definition) is 3. The fourth-order valence-corrected chi connectivity index (χ4v) is 2.49. The summed E-state index contributed by atoms with van der Waals surface area (Å²) in [5.74, 6) is -0.126. The fraction of sp³-hybridized carbons (Fsp3) is 0.100. The molecule has 24 heavy (non-hydrogen) atoms. The molecule has 0 aliphatic carbocycles. The molecule has 0 spiro atoms. The third-order valence-electron chi connectivity index (χ3n) is 3.66. The largest absolute Gasteiger partial charge is 0.489 e. The standard InChI is InChI=1S/C20H17NO3/c22-20(23)12-15-7-9-18(10-8-15)24-14-17-4-1-2-6-19(17)16-5-3-11-21-13-16/h1-11,13H,12,14H2,(H,22,23). The van der Waals surface area contributed by atoms with E-state index in [0.717, 1.165) is 22.3 Å². The lowest BCUT2D eigenvalue weighted by Crippen LogP contribution is -2.01. The lowest BCUT2D eigenvalue weighted by Gasteiger charge is -2.11. The van der Waals surface area contributed by atoms with Gasteiger partial charge in [0.1, 0.15) is 12.4 Å². The van der Waals surface area contributed by atoms with E-state index in [9.17, 15) is 4.79 Å². The van der Waals surface area contributed by atoms with E-state index >= 15 is 0 Å². The number of ether oxygens (including phenoxy) is 1. The number of carbonyl (C=O) groups is 1. The summed E-state index contributed by atoms with van der Waals surface area (Å²) in [5, 5.41) is 8.79. The van der Waals surface area contributed by atoms with Gasteiger partial charge in [0.05, 0.1) is 6.42 Å². The SMILES string of the molecule is O=C(O)Cc1ccc(OCc2ccccc2-c2cccnc2)cc1. The molecule has 0 radical (unpaired) electrons. The van der Waals surface area contributed by atoms with Gasteiger partial charge in [0.2, 0.25) is 0 Å². The number of benzene rings is 2. The summed E-state index contributed by atoms with van der Waals surface area (Å²) in [7, 11) is 0. The third-order valence-corrected chi connectivity index (χ3v) is 3.66. The molecule has 2 aromatic carbocycles. The van der Waals surface area contributed by atoms with Crippen LogP contribution in [0.3, 0.4) is 0 Å². The molecule has 4 heteroatoms. The molecule has 0 aliphatic rings. The van der Waals surface area contributed by atoms with Crippen LogP contribution in [-0.4, -0.2) is 16.1 Å². The monoisotopic (exact) mass is 319 g/mol. The van der Waals surface area contributed by atoms with Crippen LogP contribution in [-0.2, 0) is 17.8 Å². The summed E-state index contributed by atoms with van der Waals surface area (Å²) < 4.78 is 5.85. The second-order valence-corrected chi connectivity index (χ2v) is 5.40. The van der Waals surface area contributed by atoms with Gasteiger partial charge in [0, 0.05) is 18.0 Å². The smallest absolute Gasteiger partial charge is 0.307 e. The van der Waals surface area contributed by atoms with Crippen LogP contribution in [0.4, 0.5) is 0 Å². The molecule has 3 rings (SSSR count). The Bertz CT molecular complexity index is 814. The highest BCUT2D eigenvalue weighted by molar-refractivity contribution is 5.70. The zero-order chi connectivity index (χ0) is 16.8. The lowest BCUT2D eigenvalue weighted by molar-refractivity contribution is -0.136. The van der Waals surface area contributed by atoms with Crippen molar-refractivity contribution in [1.29, 1.82) is 0 Å². The summed E-state index contributed by atoms with van der Waals surface area (Å²) >= 11 is 0. The topological polar surface area (TPSA) is 59.4 Å². The third kappa shape index (κ3) is 3.98. The van der Waals surface area contributed by atoms with Crippen molar-refractivity contribution in [2.24, 2.45) is 0 Å². The highest BCUT2D eigenvalue weighted by Gasteiger charge is 2.06. The van der Waals surface area contributed by atoms with Crippen molar-refractivity contribution in [3.63, 3.8) is 0 Å². The Morgan fingerprint density at radius 3 is 2.50 bits per heavy atom. The molecule has 0 unspecified atom stereocenters. The van der Waals surface area contributed by atoms with E-state index in [0.29, 0.717) is 12.4 Å². The Hall–Kier alpha value is -3.14. The minimum atomic E-state index is -0.839. The van der Waals surface area contributed by atoms with Gasteiger partial charge in [-0.3, -0.25) is 9.78 Å². The number of hydrogen-bond donors (Lipinski definition) is 1. The van der Waals surface area contributed by atoms with Crippen molar-refractivity contribution < 1.29 is 14.6 Å². The second kappa shape index (κ2) is 7.42. The molecule has 0 amide bonds. The zero-order valence-corrected chi connectivity index (χ0v) is 13.1. The summed E-state index contributed by atoms with van der Waals surface area (Å²) in [4.78, 5) is 14.9.